The molecule has 0 fully saturated rings. The van der Waals surface area contributed by atoms with Crippen LogP contribution in [0.25, 0.3) is 0 Å². The molecule has 1 rings (SSSR count). The minimum Gasteiger partial charge on any atom is -0.472 e. The molecule has 0 atom stereocenters. The van der Waals surface area contributed by atoms with Gasteiger partial charge in [-0.1, -0.05) is 0 Å². The highest BCUT2D eigenvalue weighted by atomic mass is 35.5. The number of furan rings is 1. The molecular weight excluding hydrogens is 126 g/mol. The largest absolute Gasteiger partial charge is 0.472 e. The second-order valence-electron chi connectivity index (χ2n) is 1.34. The molecule has 0 amide bonds. The van der Waals surface area contributed by atoms with Crippen molar-refractivity contribution in [1.29, 1.82) is 0 Å². The zero-order chi connectivity index (χ0) is 5.11. The van der Waals surface area contributed by atoms with Crippen molar-refractivity contribution in [2.45, 2.75) is 6.54 Å². The van der Waals surface area contributed by atoms with Crippen molar-refractivity contribution in [1.82, 2.24) is 0 Å². The van der Waals surface area contributed by atoms with Gasteiger partial charge in [0.1, 0.15) is 0 Å². The molecule has 0 aliphatic heterocycles. The van der Waals surface area contributed by atoms with Crippen LogP contribution in [0.5, 0.6) is 0 Å². The number of hydrogen-bond donors (Lipinski definition) is 1. The Morgan fingerprint density at radius 2 is 2.38 bits per heavy atom. The summed E-state index contributed by atoms with van der Waals surface area (Å²) < 4.78 is 4.73. The summed E-state index contributed by atoms with van der Waals surface area (Å²) in [5, 5.41) is 0. The Morgan fingerprint density at radius 1 is 1.62 bits per heavy atom. The number of nitrogens with two attached hydrogens (primary N) is 1. The Morgan fingerprint density at radius 3 is 2.62 bits per heavy atom. The third kappa shape index (κ3) is 1.56. The molecule has 3 heteroatoms. The predicted octanol–water partition coefficient (Wildman–Crippen LogP) is 1.16. The molecule has 46 valence electrons. The first-order valence-electron chi connectivity index (χ1n) is 2.14. The van der Waals surface area contributed by atoms with Crippen molar-refractivity contribution >= 4 is 12.4 Å². The Labute approximate surface area is 54.1 Å². The molecule has 0 unspecified atom stereocenters. The summed E-state index contributed by atoms with van der Waals surface area (Å²) >= 11 is 0. The van der Waals surface area contributed by atoms with Crippen LogP contribution in [0.2, 0.25) is 0 Å². The van der Waals surface area contributed by atoms with Crippen LogP contribution in [-0.2, 0) is 6.54 Å². The molecule has 0 radical (unpaired) electrons. The standard InChI is InChI=1S/C5H7NO.ClH/c6-3-5-1-2-7-4-5;/h1-2,4H,3,6H2;1H. The number of halogens is 1. The molecule has 0 saturated heterocycles. The molecule has 8 heavy (non-hydrogen) atoms. The van der Waals surface area contributed by atoms with Gasteiger partial charge in [0.05, 0.1) is 12.5 Å². The van der Waals surface area contributed by atoms with E-state index in [9.17, 15) is 0 Å². The molecule has 0 spiro atoms. The maximum atomic E-state index is 5.23. The third-order valence-corrected chi connectivity index (χ3v) is 0.816. The Hall–Kier alpha value is -0.470. The van der Waals surface area contributed by atoms with Crippen LogP contribution in [0.4, 0.5) is 0 Å². The van der Waals surface area contributed by atoms with E-state index in [1.165, 1.54) is 0 Å². The van der Waals surface area contributed by atoms with Crippen molar-refractivity contribution in [3.63, 3.8) is 0 Å². The lowest BCUT2D eigenvalue weighted by Gasteiger charge is -1.78. The maximum Gasteiger partial charge on any atom is 0.0947 e. The second kappa shape index (κ2) is 3.52. The summed E-state index contributed by atoms with van der Waals surface area (Å²) in [5.74, 6) is 0. The highest BCUT2D eigenvalue weighted by Gasteiger charge is 1.83. The predicted molar refractivity (Wildman–Crippen MR) is 33.8 cm³/mol. The summed E-state index contributed by atoms with van der Waals surface area (Å²) in [7, 11) is 0. The van der Waals surface area contributed by atoms with Crippen molar-refractivity contribution < 1.29 is 4.42 Å². The second-order valence-corrected chi connectivity index (χ2v) is 1.34. The van der Waals surface area contributed by atoms with E-state index in [2.05, 4.69) is 0 Å². The fraction of sp³-hybridized carbons (Fsp3) is 0.200. The summed E-state index contributed by atoms with van der Waals surface area (Å²) in [6, 6.07) is 1.85. The minimum atomic E-state index is 0. The molecule has 0 aliphatic rings. The summed E-state index contributed by atoms with van der Waals surface area (Å²) in [6.07, 6.45) is 3.25. The van der Waals surface area contributed by atoms with Crippen LogP contribution in [0.1, 0.15) is 5.56 Å². The van der Waals surface area contributed by atoms with E-state index in [1.807, 2.05) is 6.07 Å². The van der Waals surface area contributed by atoms with Gasteiger partial charge in [-0.25, -0.2) is 0 Å². The maximum absolute atomic E-state index is 5.23. The minimum absolute atomic E-state index is 0. The van der Waals surface area contributed by atoms with Crippen LogP contribution >= 0.6 is 12.4 Å². The molecule has 0 aromatic carbocycles. The zero-order valence-corrected chi connectivity index (χ0v) is 5.15. The van der Waals surface area contributed by atoms with Crippen molar-refractivity contribution in [2.24, 2.45) is 5.73 Å². The van der Waals surface area contributed by atoms with E-state index < -0.39 is 0 Å². The van der Waals surface area contributed by atoms with Gasteiger partial charge < -0.3 is 10.2 Å². The topological polar surface area (TPSA) is 39.2 Å². The van der Waals surface area contributed by atoms with E-state index in [4.69, 9.17) is 10.2 Å². The van der Waals surface area contributed by atoms with Gasteiger partial charge in [0.25, 0.3) is 0 Å². The van der Waals surface area contributed by atoms with Gasteiger partial charge in [0, 0.05) is 12.1 Å². The molecule has 0 saturated carbocycles. The Kier molecular flexibility index (Phi) is 3.31. The van der Waals surface area contributed by atoms with Gasteiger partial charge in [0.15, 0.2) is 0 Å². The molecule has 0 aliphatic carbocycles. The average Bonchev–Trinajstić information content (AvgIpc) is 2.14. The Bertz CT molecular complexity index is 127. The average molecular weight is 134 g/mol. The van der Waals surface area contributed by atoms with Crippen molar-refractivity contribution in [2.75, 3.05) is 0 Å². The van der Waals surface area contributed by atoms with E-state index >= 15 is 0 Å². The van der Waals surface area contributed by atoms with Gasteiger partial charge in [-0.05, 0) is 6.07 Å². The number of hydrogen-bond acceptors (Lipinski definition) is 2. The van der Waals surface area contributed by atoms with Gasteiger partial charge >= 0.3 is 0 Å². The lowest BCUT2D eigenvalue weighted by molar-refractivity contribution is 0.564. The SMILES string of the molecule is Cl.NCc1ccoc1. The van der Waals surface area contributed by atoms with Gasteiger partial charge in [0.2, 0.25) is 0 Å². The lowest BCUT2D eigenvalue weighted by atomic mass is 10.4. The van der Waals surface area contributed by atoms with E-state index in [1.54, 1.807) is 12.5 Å². The van der Waals surface area contributed by atoms with Gasteiger partial charge in [-0.2, -0.15) is 0 Å². The summed E-state index contributed by atoms with van der Waals surface area (Å²) in [5.41, 5.74) is 6.28. The monoisotopic (exact) mass is 133 g/mol. The van der Waals surface area contributed by atoms with E-state index in [0.29, 0.717) is 6.54 Å². The fourth-order valence-corrected chi connectivity index (χ4v) is 0.409. The first-order chi connectivity index (χ1) is 3.43. The quantitative estimate of drug-likeness (QED) is 0.625. The highest BCUT2D eigenvalue weighted by Crippen LogP contribution is 1.95. The summed E-state index contributed by atoms with van der Waals surface area (Å²) in [4.78, 5) is 0. The Balaban J connectivity index is 0.000000490. The third-order valence-electron chi connectivity index (χ3n) is 0.816. The van der Waals surface area contributed by atoms with Crippen LogP contribution < -0.4 is 5.73 Å². The molecule has 2 N–H and O–H groups in total. The van der Waals surface area contributed by atoms with Crippen LogP contribution in [0, 0.1) is 0 Å². The smallest absolute Gasteiger partial charge is 0.0947 e. The number of rotatable bonds is 1. The van der Waals surface area contributed by atoms with Crippen molar-refractivity contribution in [3.8, 4) is 0 Å². The highest BCUT2D eigenvalue weighted by molar-refractivity contribution is 5.85. The van der Waals surface area contributed by atoms with E-state index in [0.717, 1.165) is 5.56 Å². The summed E-state index contributed by atoms with van der Waals surface area (Å²) in [6.45, 7) is 0.566. The normalized spacial score (nSPS) is 8.12. The van der Waals surface area contributed by atoms with Gasteiger partial charge in [-0.15, -0.1) is 12.4 Å². The molecule has 1 heterocycles. The molecular formula is C5H8ClNO. The molecule has 2 nitrogen and oxygen atoms in total. The molecule has 1 aromatic rings. The van der Waals surface area contributed by atoms with Crippen LogP contribution in [0.3, 0.4) is 0 Å². The fourth-order valence-electron chi connectivity index (χ4n) is 0.409. The van der Waals surface area contributed by atoms with E-state index in [-0.39, 0.29) is 12.4 Å². The first-order valence-corrected chi connectivity index (χ1v) is 2.14. The molecule has 1 aromatic heterocycles. The molecule has 0 bridgehead atoms. The zero-order valence-electron chi connectivity index (χ0n) is 4.33. The van der Waals surface area contributed by atoms with Crippen molar-refractivity contribution in [3.05, 3.63) is 24.2 Å². The van der Waals surface area contributed by atoms with Gasteiger partial charge in [-0.3, -0.25) is 0 Å². The first kappa shape index (κ1) is 7.53. The van der Waals surface area contributed by atoms with Crippen LogP contribution in [0.15, 0.2) is 23.0 Å². The van der Waals surface area contributed by atoms with Crippen LogP contribution in [-0.4, -0.2) is 0 Å². The lowest BCUT2D eigenvalue weighted by Crippen LogP contribution is -1.92.